The largest absolute Gasteiger partial charge is 0.496 e. The second-order valence-electron chi connectivity index (χ2n) is 7.15. The van der Waals surface area contributed by atoms with E-state index >= 15 is 0 Å². The second kappa shape index (κ2) is 9.32. The Morgan fingerprint density at radius 2 is 2.10 bits per heavy atom. The zero-order chi connectivity index (χ0) is 21.0. The molecule has 0 spiro atoms. The maximum atomic E-state index is 13.5. The van der Waals surface area contributed by atoms with E-state index in [0.29, 0.717) is 28.9 Å². The molecule has 29 heavy (non-hydrogen) atoms. The molecule has 0 saturated carbocycles. The Morgan fingerprint density at radius 1 is 1.31 bits per heavy atom. The third-order valence-electron chi connectivity index (χ3n) is 5.06. The molecule has 1 aliphatic rings. The van der Waals surface area contributed by atoms with Gasteiger partial charge >= 0.3 is 6.18 Å². The smallest absolute Gasteiger partial charge is 0.419 e. The van der Waals surface area contributed by atoms with E-state index in [-0.39, 0.29) is 5.75 Å². The summed E-state index contributed by atoms with van der Waals surface area (Å²) in [5, 5.41) is 3.70. The Bertz CT molecular complexity index is 824. The van der Waals surface area contributed by atoms with Crippen LogP contribution in [0.4, 0.5) is 18.3 Å². The quantitative estimate of drug-likeness (QED) is 0.689. The van der Waals surface area contributed by atoms with E-state index < -0.39 is 11.7 Å². The summed E-state index contributed by atoms with van der Waals surface area (Å²) >= 11 is 1.48. The van der Waals surface area contributed by atoms with Crippen molar-refractivity contribution in [3.05, 3.63) is 28.6 Å². The Balaban J connectivity index is 1.91. The first-order valence-electron chi connectivity index (χ1n) is 9.50. The van der Waals surface area contributed by atoms with Crippen LogP contribution in [0.5, 0.6) is 5.75 Å². The fourth-order valence-electron chi connectivity index (χ4n) is 3.74. The van der Waals surface area contributed by atoms with E-state index in [1.807, 2.05) is 0 Å². The number of thiazole rings is 1. The molecule has 0 aliphatic carbocycles. The van der Waals surface area contributed by atoms with E-state index in [1.54, 1.807) is 20.2 Å². The average Bonchev–Trinajstić information content (AvgIpc) is 3.10. The molecule has 1 N–H and O–H groups in total. The first kappa shape index (κ1) is 21.9. The van der Waals surface area contributed by atoms with Crippen LogP contribution in [0.15, 0.2) is 18.2 Å². The Kier molecular flexibility index (Phi) is 7.02. The molecular formula is C20H26F3N3O2S. The molecule has 2 aromatic rings. The second-order valence-corrected chi connectivity index (χ2v) is 8.24. The SMILES string of the molecule is CNc1nc(-c2ccc(OC)c(C(F)(F)F)c2)c(CN2CCC[C@H](COC)C2)s1. The number of rotatable bonds is 7. The minimum absolute atomic E-state index is 0.190. The van der Waals surface area contributed by atoms with Crippen LogP contribution in [-0.4, -0.2) is 50.8 Å². The monoisotopic (exact) mass is 429 g/mol. The summed E-state index contributed by atoms with van der Waals surface area (Å²) in [4.78, 5) is 7.83. The fourth-order valence-corrected chi connectivity index (χ4v) is 4.72. The van der Waals surface area contributed by atoms with Gasteiger partial charge in [-0.3, -0.25) is 4.90 Å². The van der Waals surface area contributed by atoms with E-state index in [1.165, 1.54) is 24.5 Å². The van der Waals surface area contributed by atoms with Crippen molar-refractivity contribution in [1.82, 2.24) is 9.88 Å². The zero-order valence-corrected chi connectivity index (χ0v) is 17.6. The zero-order valence-electron chi connectivity index (χ0n) is 16.8. The molecule has 1 fully saturated rings. The van der Waals surface area contributed by atoms with Gasteiger partial charge in [0.15, 0.2) is 5.13 Å². The molecule has 1 aromatic carbocycles. The molecule has 5 nitrogen and oxygen atoms in total. The summed E-state index contributed by atoms with van der Waals surface area (Å²) in [7, 11) is 4.71. The number of nitrogens with one attached hydrogen (secondary N) is 1. The standard InChI is InChI=1S/C20H26F3N3O2S/c1-24-19-25-18(14-6-7-16(28-3)15(9-14)20(21,22)23)17(29-19)11-26-8-4-5-13(10-26)12-27-2/h6-7,9,13H,4-5,8,10-12H2,1-3H3,(H,24,25)/t13-/m0/s1. The lowest BCUT2D eigenvalue weighted by molar-refractivity contribution is -0.138. The summed E-state index contributed by atoms with van der Waals surface area (Å²) in [5.74, 6) is 0.289. The number of ether oxygens (including phenoxy) is 2. The highest BCUT2D eigenvalue weighted by Crippen LogP contribution is 2.40. The van der Waals surface area contributed by atoms with Gasteiger partial charge in [0, 0.05) is 37.7 Å². The minimum atomic E-state index is -4.50. The Labute approximate surface area is 172 Å². The predicted octanol–water partition coefficient (Wildman–Crippen LogP) is 4.74. The third kappa shape index (κ3) is 5.21. The highest BCUT2D eigenvalue weighted by molar-refractivity contribution is 7.16. The number of benzene rings is 1. The van der Waals surface area contributed by atoms with Crippen LogP contribution in [0.3, 0.4) is 0 Å². The molecule has 1 atom stereocenters. The molecule has 3 rings (SSSR count). The lowest BCUT2D eigenvalue weighted by Crippen LogP contribution is -2.36. The molecule has 0 bridgehead atoms. The van der Waals surface area contributed by atoms with Crippen LogP contribution in [0.1, 0.15) is 23.3 Å². The molecule has 0 radical (unpaired) electrons. The number of hydrogen-bond acceptors (Lipinski definition) is 6. The number of hydrogen-bond donors (Lipinski definition) is 1. The molecule has 0 amide bonds. The molecule has 0 unspecified atom stereocenters. The number of anilines is 1. The van der Waals surface area contributed by atoms with Gasteiger partial charge in [0.25, 0.3) is 0 Å². The average molecular weight is 430 g/mol. The molecular weight excluding hydrogens is 403 g/mol. The van der Waals surface area contributed by atoms with Gasteiger partial charge in [-0.2, -0.15) is 13.2 Å². The topological polar surface area (TPSA) is 46.6 Å². The van der Waals surface area contributed by atoms with Crippen LogP contribution in [-0.2, 0) is 17.5 Å². The highest BCUT2D eigenvalue weighted by atomic mass is 32.1. The van der Waals surface area contributed by atoms with Crippen molar-refractivity contribution in [2.75, 3.05) is 46.3 Å². The predicted molar refractivity (Wildman–Crippen MR) is 109 cm³/mol. The summed E-state index contributed by atoms with van der Waals surface area (Å²) in [6.45, 7) is 3.25. The number of nitrogens with zero attached hydrogens (tertiary/aromatic N) is 2. The fraction of sp³-hybridized carbons (Fsp3) is 0.550. The number of alkyl halides is 3. The van der Waals surface area contributed by atoms with E-state index in [2.05, 4.69) is 15.2 Å². The van der Waals surface area contributed by atoms with Crippen LogP contribution in [0, 0.1) is 5.92 Å². The van der Waals surface area contributed by atoms with Crippen molar-refractivity contribution in [3.63, 3.8) is 0 Å². The summed E-state index contributed by atoms with van der Waals surface area (Å²) < 4.78 is 50.6. The minimum Gasteiger partial charge on any atom is -0.496 e. The van der Waals surface area contributed by atoms with E-state index in [9.17, 15) is 13.2 Å². The van der Waals surface area contributed by atoms with Crippen molar-refractivity contribution >= 4 is 16.5 Å². The Hall–Kier alpha value is -1.84. The van der Waals surface area contributed by atoms with Crippen LogP contribution in [0.2, 0.25) is 0 Å². The number of likely N-dealkylation sites (tertiary alicyclic amines) is 1. The number of halogens is 3. The van der Waals surface area contributed by atoms with Crippen molar-refractivity contribution in [2.24, 2.45) is 5.92 Å². The molecule has 1 aromatic heterocycles. The maximum absolute atomic E-state index is 13.5. The van der Waals surface area contributed by atoms with Gasteiger partial charge in [-0.15, -0.1) is 11.3 Å². The summed E-state index contributed by atoms with van der Waals surface area (Å²) in [6.07, 6.45) is -2.28. The van der Waals surface area contributed by atoms with Gasteiger partial charge in [-0.05, 0) is 43.5 Å². The lowest BCUT2D eigenvalue weighted by Gasteiger charge is -2.32. The van der Waals surface area contributed by atoms with Gasteiger partial charge in [0.05, 0.1) is 25.0 Å². The number of aromatic nitrogens is 1. The highest BCUT2D eigenvalue weighted by Gasteiger charge is 2.35. The molecule has 1 aliphatic heterocycles. The molecule has 1 saturated heterocycles. The molecule has 2 heterocycles. The molecule has 160 valence electrons. The third-order valence-corrected chi connectivity index (χ3v) is 6.12. The van der Waals surface area contributed by atoms with Crippen molar-refractivity contribution in [3.8, 4) is 17.0 Å². The lowest BCUT2D eigenvalue weighted by atomic mass is 9.98. The van der Waals surface area contributed by atoms with Gasteiger partial charge in [0.1, 0.15) is 5.75 Å². The first-order chi connectivity index (χ1) is 13.9. The maximum Gasteiger partial charge on any atom is 0.419 e. The van der Waals surface area contributed by atoms with Crippen LogP contribution < -0.4 is 10.1 Å². The number of methoxy groups -OCH3 is 2. The molecule has 9 heteroatoms. The summed E-state index contributed by atoms with van der Waals surface area (Å²) in [5.41, 5.74) is 0.235. The number of piperidine rings is 1. The normalized spacial score (nSPS) is 18.1. The first-order valence-corrected chi connectivity index (χ1v) is 10.3. The van der Waals surface area contributed by atoms with Gasteiger partial charge in [-0.25, -0.2) is 4.98 Å². The van der Waals surface area contributed by atoms with Crippen molar-refractivity contribution in [1.29, 1.82) is 0 Å². The van der Waals surface area contributed by atoms with Crippen molar-refractivity contribution in [2.45, 2.75) is 25.6 Å². The van der Waals surface area contributed by atoms with E-state index in [0.717, 1.165) is 43.5 Å². The van der Waals surface area contributed by atoms with Gasteiger partial charge < -0.3 is 14.8 Å². The van der Waals surface area contributed by atoms with Gasteiger partial charge in [-0.1, -0.05) is 0 Å². The van der Waals surface area contributed by atoms with Gasteiger partial charge in [0.2, 0.25) is 0 Å². The van der Waals surface area contributed by atoms with E-state index in [4.69, 9.17) is 9.47 Å². The summed E-state index contributed by atoms with van der Waals surface area (Å²) in [6, 6.07) is 4.12. The van der Waals surface area contributed by atoms with Crippen LogP contribution in [0.25, 0.3) is 11.3 Å². The van der Waals surface area contributed by atoms with Crippen LogP contribution >= 0.6 is 11.3 Å². The van der Waals surface area contributed by atoms with Crippen molar-refractivity contribution < 1.29 is 22.6 Å². The Morgan fingerprint density at radius 3 is 2.76 bits per heavy atom.